The smallest absolute Gasteiger partial charge is 0.192 e. The van der Waals surface area contributed by atoms with E-state index in [1.165, 1.54) is 6.29 Å². The summed E-state index contributed by atoms with van der Waals surface area (Å²) in [5.41, 5.74) is -0.628. The van der Waals surface area contributed by atoms with Crippen LogP contribution in [0.25, 0.3) is 0 Å². The molecule has 0 amide bonds. The maximum absolute atomic E-state index is 12.7. The SMILES string of the molecule is C=C[C@H]1CC[C@H]2[C@](C)(CO[Si](C)(C)C(C)(C)C)[C@@H](O[Si](C)(C)C(C)(C)C)CC[C@]2(C)[C@@]1(C)C=O. The first kappa shape index (κ1) is 30.0. The van der Waals surface area contributed by atoms with Crippen molar-refractivity contribution in [1.82, 2.24) is 0 Å². The lowest BCUT2D eigenvalue weighted by Gasteiger charge is -2.65. The number of carbonyl (C=O) groups excluding carboxylic acids is 1. The molecule has 0 spiro atoms. The zero-order chi connectivity index (χ0) is 26.6. The minimum Gasteiger partial charge on any atom is -0.416 e. The van der Waals surface area contributed by atoms with Gasteiger partial charge in [-0.25, -0.2) is 0 Å². The van der Waals surface area contributed by atoms with Crippen LogP contribution in [0.15, 0.2) is 12.7 Å². The predicted octanol–water partition coefficient (Wildman–Crippen LogP) is 8.62. The van der Waals surface area contributed by atoms with E-state index in [1.54, 1.807) is 0 Å². The maximum Gasteiger partial charge on any atom is 0.192 e. The minimum absolute atomic E-state index is 0.0926. The molecule has 0 bridgehead atoms. The van der Waals surface area contributed by atoms with Crippen molar-refractivity contribution in [3.8, 4) is 0 Å². The van der Waals surface area contributed by atoms with E-state index in [0.29, 0.717) is 5.92 Å². The molecule has 34 heavy (non-hydrogen) atoms. The zero-order valence-electron chi connectivity index (χ0n) is 24.9. The van der Waals surface area contributed by atoms with Gasteiger partial charge >= 0.3 is 0 Å². The van der Waals surface area contributed by atoms with Gasteiger partial charge in [0.25, 0.3) is 0 Å². The lowest BCUT2D eigenvalue weighted by molar-refractivity contribution is -0.189. The Kier molecular flexibility index (Phi) is 8.16. The highest BCUT2D eigenvalue weighted by atomic mass is 28.4. The highest BCUT2D eigenvalue weighted by Gasteiger charge is 2.64. The fourth-order valence-corrected chi connectivity index (χ4v) is 8.86. The molecule has 3 nitrogen and oxygen atoms in total. The normalized spacial score (nSPS) is 37.7. The fraction of sp³-hybridized carbons (Fsp3) is 0.897. The van der Waals surface area contributed by atoms with E-state index in [4.69, 9.17) is 8.85 Å². The first-order valence-electron chi connectivity index (χ1n) is 13.5. The number of hydrogen-bond donors (Lipinski definition) is 0. The Morgan fingerprint density at radius 3 is 1.88 bits per heavy atom. The number of aldehydes is 1. The van der Waals surface area contributed by atoms with E-state index in [2.05, 4.69) is 95.1 Å². The van der Waals surface area contributed by atoms with Crippen LogP contribution >= 0.6 is 0 Å². The molecule has 6 atom stereocenters. The summed E-state index contributed by atoms with van der Waals surface area (Å²) < 4.78 is 14.2. The highest BCUT2D eigenvalue weighted by molar-refractivity contribution is 6.74. The molecule has 2 rings (SSSR count). The van der Waals surface area contributed by atoms with Crippen molar-refractivity contribution in [3.63, 3.8) is 0 Å². The number of hydrogen-bond acceptors (Lipinski definition) is 3. The lowest BCUT2D eigenvalue weighted by Crippen LogP contribution is -2.65. The van der Waals surface area contributed by atoms with E-state index >= 15 is 0 Å². The first-order chi connectivity index (χ1) is 15.1. The molecule has 0 unspecified atom stereocenters. The second kappa shape index (κ2) is 9.26. The Hall–Kier alpha value is -0.236. The van der Waals surface area contributed by atoms with E-state index in [1.807, 2.05) is 6.08 Å². The van der Waals surface area contributed by atoms with Gasteiger partial charge in [0, 0.05) is 17.4 Å². The van der Waals surface area contributed by atoms with E-state index < -0.39 is 22.0 Å². The summed E-state index contributed by atoms with van der Waals surface area (Å²) in [6.45, 7) is 35.2. The molecule has 198 valence electrons. The van der Waals surface area contributed by atoms with Gasteiger partial charge in [-0.2, -0.15) is 0 Å². The van der Waals surface area contributed by atoms with Crippen molar-refractivity contribution in [2.24, 2.45) is 28.1 Å². The lowest BCUT2D eigenvalue weighted by atomic mass is 9.41. The summed E-state index contributed by atoms with van der Waals surface area (Å²) >= 11 is 0. The molecule has 0 N–H and O–H groups in total. The largest absolute Gasteiger partial charge is 0.416 e. The fourth-order valence-electron chi connectivity index (χ4n) is 6.31. The second-order valence-electron chi connectivity index (χ2n) is 15.3. The topological polar surface area (TPSA) is 35.5 Å². The predicted molar refractivity (Wildman–Crippen MR) is 151 cm³/mol. The van der Waals surface area contributed by atoms with Crippen LogP contribution in [-0.2, 0) is 13.6 Å². The van der Waals surface area contributed by atoms with Crippen LogP contribution in [0.1, 0.15) is 88.0 Å². The van der Waals surface area contributed by atoms with Gasteiger partial charge in [-0.15, -0.1) is 6.58 Å². The maximum atomic E-state index is 12.7. The molecule has 0 heterocycles. The molecular weight excluding hydrogens is 452 g/mol. The van der Waals surface area contributed by atoms with E-state index in [0.717, 1.165) is 32.3 Å². The minimum atomic E-state index is -1.97. The molecule has 0 radical (unpaired) electrons. The van der Waals surface area contributed by atoms with Crippen LogP contribution < -0.4 is 0 Å². The molecule has 2 saturated carbocycles. The van der Waals surface area contributed by atoms with Crippen LogP contribution in [0.4, 0.5) is 0 Å². The van der Waals surface area contributed by atoms with Crippen molar-refractivity contribution < 1.29 is 13.6 Å². The van der Waals surface area contributed by atoms with Gasteiger partial charge in [-0.3, -0.25) is 0 Å². The number of rotatable bonds is 7. The molecule has 5 heteroatoms. The van der Waals surface area contributed by atoms with E-state index in [-0.39, 0.29) is 32.9 Å². The van der Waals surface area contributed by atoms with Gasteiger partial charge in [0.1, 0.15) is 6.29 Å². The molecule has 2 aliphatic carbocycles. The summed E-state index contributed by atoms with van der Waals surface area (Å²) in [6, 6.07) is 0. The van der Waals surface area contributed by atoms with Crippen LogP contribution in [0, 0.1) is 28.1 Å². The Bertz CT molecular complexity index is 762. The number of fused-ring (bicyclic) bond motifs is 1. The van der Waals surface area contributed by atoms with Gasteiger partial charge in [0.05, 0.1) is 6.10 Å². The van der Waals surface area contributed by atoms with Crippen molar-refractivity contribution in [2.75, 3.05) is 6.61 Å². The van der Waals surface area contributed by atoms with Crippen LogP contribution in [-0.4, -0.2) is 35.6 Å². The molecule has 0 aromatic heterocycles. The Balaban J connectivity index is 2.57. The Morgan fingerprint density at radius 2 is 1.44 bits per heavy atom. The third-order valence-corrected chi connectivity index (χ3v) is 20.3. The van der Waals surface area contributed by atoms with E-state index in [9.17, 15) is 4.79 Å². The average molecular weight is 509 g/mol. The third kappa shape index (κ3) is 4.85. The zero-order valence-corrected chi connectivity index (χ0v) is 26.9. The summed E-state index contributed by atoms with van der Waals surface area (Å²) in [7, 11) is -3.90. The first-order valence-corrected chi connectivity index (χ1v) is 19.4. The summed E-state index contributed by atoms with van der Waals surface area (Å²) in [6.07, 6.45) is 7.59. The molecule has 0 aromatic carbocycles. The van der Waals surface area contributed by atoms with Gasteiger partial charge in [-0.05, 0) is 79.2 Å². The van der Waals surface area contributed by atoms with Crippen LogP contribution in [0.5, 0.6) is 0 Å². The molecule has 0 aromatic rings. The Morgan fingerprint density at radius 1 is 0.912 bits per heavy atom. The molecular formula is C29H56O3Si2. The highest BCUT2D eigenvalue weighted by Crippen LogP contribution is 2.66. The van der Waals surface area contributed by atoms with Crippen LogP contribution in [0.3, 0.4) is 0 Å². The summed E-state index contributed by atoms with van der Waals surface area (Å²) in [5, 5.41) is 0.321. The molecule has 0 aliphatic heterocycles. The standard InChI is InChI=1S/C29H56O3Si2/c1-15-22-16-17-23-27(8,21-31-33(11,12)25(2,3)4)24(32-34(13,14)26(5,6)7)18-19-28(23,9)29(22,10)20-30/h15,20,22-24H,1,16-19,21H2,2-14H3/t22-,23-,24-,27-,28-,29-/m0/s1. The molecule has 2 fully saturated rings. The third-order valence-electron chi connectivity index (χ3n) is 11.3. The molecule has 2 aliphatic rings. The number of carbonyl (C=O) groups is 1. The number of allylic oxidation sites excluding steroid dienone is 1. The van der Waals surface area contributed by atoms with Crippen molar-refractivity contribution in [3.05, 3.63) is 12.7 Å². The van der Waals surface area contributed by atoms with Crippen LogP contribution in [0.2, 0.25) is 36.3 Å². The van der Waals surface area contributed by atoms with Crippen molar-refractivity contribution in [2.45, 2.75) is 130 Å². The monoisotopic (exact) mass is 508 g/mol. The summed E-state index contributed by atoms with van der Waals surface area (Å²) in [4.78, 5) is 12.7. The Labute approximate surface area is 214 Å². The van der Waals surface area contributed by atoms with Gasteiger partial charge in [0.2, 0.25) is 0 Å². The average Bonchev–Trinajstić information content (AvgIpc) is 2.68. The quantitative estimate of drug-likeness (QED) is 0.196. The van der Waals surface area contributed by atoms with Gasteiger partial charge in [0.15, 0.2) is 16.6 Å². The summed E-state index contributed by atoms with van der Waals surface area (Å²) in [5.74, 6) is 0.606. The molecule has 0 saturated heterocycles. The van der Waals surface area contributed by atoms with Gasteiger partial charge < -0.3 is 13.6 Å². The van der Waals surface area contributed by atoms with Gasteiger partial charge in [-0.1, -0.05) is 68.4 Å². The second-order valence-corrected chi connectivity index (χ2v) is 24.8. The van der Waals surface area contributed by atoms with Crippen molar-refractivity contribution in [1.29, 1.82) is 0 Å². The van der Waals surface area contributed by atoms with Crippen molar-refractivity contribution >= 4 is 22.9 Å².